The summed E-state index contributed by atoms with van der Waals surface area (Å²) < 4.78 is 0. The van der Waals surface area contributed by atoms with E-state index in [1.165, 1.54) is 0 Å². The molecule has 1 heterocycles. The van der Waals surface area contributed by atoms with Crippen molar-refractivity contribution in [1.82, 2.24) is 20.6 Å². The summed E-state index contributed by atoms with van der Waals surface area (Å²) in [7, 11) is 0. The molecule has 0 fully saturated rings. The van der Waals surface area contributed by atoms with Gasteiger partial charge < -0.3 is 0 Å². The van der Waals surface area contributed by atoms with Gasteiger partial charge in [-0.05, 0) is 10.4 Å². The monoisotopic (exact) mass is 226 g/mol. The molecule has 5 heteroatoms. The van der Waals surface area contributed by atoms with E-state index in [9.17, 15) is 0 Å². The van der Waals surface area contributed by atoms with Crippen molar-refractivity contribution in [2.75, 3.05) is 0 Å². The molecule has 4 nitrogen and oxygen atoms in total. The van der Waals surface area contributed by atoms with Crippen molar-refractivity contribution in [2.24, 2.45) is 0 Å². The van der Waals surface area contributed by atoms with Crippen LogP contribution in [-0.2, 0) is 0 Å². The molecule has 1 N–H and O–H groups in total. The van der Waals surface area contributed by atoms with Gasteiger partial charge in [0.1, 0.15) is 0 Å². The van der Waals surface area contributed by atoms with E-state index < -0.39 is 0 Å². The Morgan fingerprint density at radius 2 is 1.83 bits per heavy atom. The summed E-state index contributed by atoms with van der Waals surface area (Å²) in [6.45, 7) is 0. The second-order valence-electron chi connectivity index (χ2n) is 2.12. The number of hydrogen-bond donors (Lipinski definition) is 1. The van der Waals surface area contributed by atoms with Gasteiger partial charge in [-0.3, -0.25) is 0 Å². The normalized spacial score (nSPS) is 9.00. The smallest absolute Gasteiger partial charge is 0.179 e. The van der Waals surface area contributed by atoms with Gasteiger partial charge in [0.15, 0.2) is 5.82 Å². The predicted molar refractivity (Wildman–Crippen MR) is 45.4 cm³/mol. The van der Waals surface area contributed by atoms with Crippen LogP contribution in [0.3, 0.4) is 0 Å². The maximum absolute atomic E-state index is 3.77. The molecular weight excluding hydrogens is 219 g/mol. The van der Waals surface area contributed by atoms with Crippen LogP contribution < -0.4 is 0 Å². The van der Waals surface area contributed by atoms with Crippen LogP contribution in [0.25, 0.3) is 11.4 Å². The molecule has 1 aromatic carbocycles. The summed E-state index contributed by atoms with van der Waals surface area (Å²) in [5, 5.41) is 13.4. The van der Waals surface area contributed by atoms with Crippen LogP contribution in [0.5, 0.6) is 0 Å². The molecule has 2 aromatic rings. The number of rotatable bonds is 1. The van der Waals surface area contributed by atoms with Crippen LogP contribution in [0.4, 0.5) is 0 Å². The molecule has 0 aliphatic carbocycles. The Labute approximate surface area is 79.9 Å². The molecule has 0 saturated carbocycles. The van der Waals surface area contributed by atoms with E-state index in [1.807, 2.05) is 30.3 Å². The second kappa shape index (κ2) is 3.99. The first-order valence-corrected chi connectivity index (χ1v) is 3.26. The molecule has 0 spiro atoms. The van der Waals surface area contributed by atoms with Crippen molar-refractivity contribution in [3.63, 3.8) is 0 Å². The first-order chi connectivity index (χ1) is 5.47. The fourth-order valence-electron chi connectivity index (χ4n) is 0.877. The molecule has 0 atom stereocenters. The summed E-state index contributed by atoms with van der Waals surface area (Å²) in [6.07, 6.45) is 0. The fraction of sp³-hybridized carbons (Fsp3) is 0. The van der Waals surface area contributed by atoms with Gasteiger partial charge in [-0.25, -0.2) is 5.10 Å². The predicted octanol–water partition coefficient (Wildman–Crippen LogP) is 0.486. The Morgan fingerprint density at radius 3 is 2.42 bits per heavy atom. The van der Waals surface area contributed by atoms with Gasteiger partial charge in [0, 0.05) is 22.6 Å². The van der Waals surface area contributed by atoms with E-state index in [1.54, 1.807) is 0 Å². The number of benzene rings is 1. The fourth-order valence-corrected chi connectivity index (χ4v) is 0.877. The molecule has 2 rings (SSSR count). The SMILES string of the molecule is [Se].c1ccc(-c2nnn[nH]2)cc1. The standard InChI is InChI=1S/C7H6N4.Se/c1-2-4-6(5-3-1)7-8-10-11-9-7;/h1-5H,(H,8,9,10,11);. The van der Waals surface area contributed by atoms with Gasteiger partial charge in [-0.1, -0.05) is 30.3 Å². The minimum absolute atomic E-state index is 0. The average molecular weight is 225 g/mol. The van der Waals surface area contributed by atoms with E-state index in [2.05, 4.69) is 20.6 Å². The van der Waals surface area contributed by atoms with Crippen molar-refractivity contribution >= 4 is 17.1 Å². The van der Waals surface area contributed by atoms with E-state index in [0.717, 1.165) is 5.56 Å². The van der Waals surface area contributed by atoms with Gasteiger partial charge in [-0.2, -0.15) is 0 Å². The Hall–Kier alpha value is -1.19. The summed E-state index contributed by atoms with van der Waals surface area (Å²) in [5.41, 5.74) is 0.998. The third-order valence-electron chi connectivity index (χ3n) is 1.39. The van der Waals surface area contributed by atoms with Gasteiger partial charge in [0.05, 0.1) is 0 Å². The number of nitrogens with zero attached hydrogens (tertiary/aromatic N) is 3. The minimum Gasteiger partial charge on any atom is -0.239 e. The van der Waals surface area contributed by atoms with E-state index in [0.29, 0.717) is 5.82 Å². The van der Waals surface area contributed by atoms with E-state index in [4.69, 9.17) is 0 Å². The van der Waals surface area contributed by atoms with Crippen LogP contribution in [0.2, 0.25) is 0 Å². The van der Waals surface area contributed by atoms with Crippen molar-refractivity contribution in [1.29, 1.82) is 0 Å². The average Bonchev–Trinajstić information content (AvgIpc) is 2.58. The first kappa shape index (κ1) is 8.90. The zero-order valence-electron chi connectivity index (χ0n) is 6.14. The molecule has 0 bridgehead atoms. The number of aromatic nitrogens is 4. The van der Waals surface area contributed by atoms with Gasteiger partial charge in [-0.15, -0.1) is 5.10 Å². The third kappa shape index (κ3) is 1.69. The van der Waals surface area contributed by atoms with Crippen LogP contribution in [0.1, 0.15) is 0 Å². The van der Waals surface area contributed by atoms with Gasteiger partial charge >= 0.3 is 0 Å². The Bertz CT molecular complexity index is 318. The molecule has 2 radical (unpaired) electrons. The molecule has 12 heavy (non-hydrogen) atoms. The number of aromatic amines is 1. The minimum atomic E-state index is 0. The summed E-state index contributed by atoms with van der Waals surface area (Å²) in [5.74, 6) is 0.700. The summed E-state index contributed by atoms with van der Waals surface area (Å²) in [4.78, 5) is 0. The molecule has 0 aliphatic heterocycles. The largest absolute Gasteiger partial charge is 0.239 e. The maximum atomic E-state index is 3.77. The summed E-state index contributed by atoms with van der Waals surface area (Å²) >= 11 is 0. The first-order valence-electron chi connectivity index (χ1n) is 3.26. The van der Waals surface area contributed by atoms with Crippen LogP contribution in [0.15, 0.2) is 30.3 Å². The molecule has 60 valence electrons. The molecule has 0 amide bonds. The van der Waals surface area contributed by atoms with Crippen LogP contribution in [0, 0.1) is 0 Å². The number of nitrogens with one attached hydrogen (secondary N) is 1. The quantitative estimate of drug-likeness (QED) is 0.718. The van der Waals surface area contributed by atoms with Crippen molar-refractivity contribution in [3.05, 3.63) is 30.3 Å². The number of H-pyrrole nitrogens is 1. The van der Waals surface area contributed by atoms with E-state index >= 15 is 0 Å². The Morgan fingerprint density at radius 1 is 1.08 bits per heavy atom. The number of tetrazole rings is 1. The van der Waals surface area contributed by atoms with Gasteiger partial charge in [0.25, 0.3) is 0 Å². The molecular formula is C7H6N4Se. The molecule has 1 aromatic heterocycles. The topological polar surface area (TPSA) is 54.5 Å². The Kier molecular flexibility index (Phi) is 2.96. The van der Waals surface area contributed by atoms with Crippen molar-refractivity contribution < 1.29 is 0 Å². The molecule has 0 aliphatic rings. The number of hydrogen-bond acceptors (Lipinski definition) is 3. The van der Waals surface area contributed by atoms with E-state index in [-0.39, 0.29) is 17.1 Å². The van der Waals surface area contributed by atoms with Crippen LogP contribution in [-0.4, -0.2) is 37.7 Å². The van der Waals surface area contributed by atoms with Crippen molar-refractivity contribution in [2.45, 2.75) is 0 Å². The Balaban J connectivity index is 0.000000720. The zero-order chi connectivity index (χ0) is 7.52. The van der Waals surface area contributed by atoms with Crippen LogP contribution >= 0.6 is 0 Å². The third-order valence-corrected chi connectivity index (χ3v) is 1.39. The second-order valence-corrected chi connectivity index (χ2v) is 2.12. The molecule has 0 saturated heterocycles. The van der Waals surface area contributed by atoms with Gasteiger partial charge in [0.2, 0.25) is 0 Å². The van der Waals surface area contributed by atoms with Crippen molar-refractivity contribution in [3.8, 4) is 11.4 Å². The molecule has 0 unspecified atom stereocenters. The summed E-state index contributed by atoms with van der Waals surface area (Å²) in [6, 6.07) is 9.73. The zero-order valence-corrected chi connectivity index (χ0v) is 7.85. The maximum Gasteiger partial charge on any atom is 0.179 e.